The molecule has 6 rings (SSSR count). The number of aliphatic hydroxyl groups excluding tert-OH is 2. The van der Waals surface area contributed by atoms with Gasteiger partial charge in [-0.05, 0) is 122 Å². The van der Waals surface area contributed by atoms with Crippen molar-refractivity contribution in [1.82, 2.24) is 0 Å². The zero-order chi connectivity index (χ0) is 37.7. The van der Waals surface area contributed by atoms with Crippen LogP contribution in [-0.2, 0) is 37.5 Å². The van der Waals surface area contributed by atoms with Crippen LogP contribution in [-0.4, -0.2) is 64.4 Å². The molecular formula is C38H56NaO12P. The first-order valence-electron chi connectivity index (χ1n) is 18.6. The van der Waals surface area contributed by atoms with E-state index in [9.17, 15) is 39.2 Å². The van der Waals surface area contributed by atoms with Gasteiger partial charge in [0.05, 0.1) is 24.7 Å². The van der Waals surface area contributed by atoms with Crippen molar-refractivity contribution in [2.45, 2.75) is 131 Å². The third-order valence-electron chi connectivity index (χ3n) is 15.2. The maximum absolute atomic E-state index is 14.7. The Labute approximate surface area is 329 Å². The van der Waals surface area contributed by atoms with Crippen molar-refractivity contribution < 1.29 is 87.2 Å². The first-order valence-corrected chi connectivity index (χ1v) is 20.1. The molecule has 0 radical (unpaired) electrons. The molecule has 3 N–H and O–H groups in total. The number of fused-ring (bicyclic) bond motifs is 7. The van der Waals surface area contributed by atoms with E-state index >= 15 is 0 Å². The standard InChI is InChI=1S/C38H57O12P.Na/c1-9-47-32(44)35(5)15-14-34(4)16-17-37(7)21(22(34)19-35)18-23(40)30-36(6)12-11-26(33(2,3)25(36)10-13-38(30,37)8)49-51(45,46)50-29-27(42)28(24(41)20-39)48-31(29)43;/h18,22,24-26,28,30,39,41-42H,9-17,19-20H2,1-8H3,(H,45,46);/q;+1/p-1/t22-,24?,25-,26-,28?,30+,34+,35-,36-,37+,38+;/m0./s1. The topological polar surface area (TPSA) is 189 Å². The van der Waals surface area contributed by atoms with Gasteiger partial charge >= 0.3 is 49.3 Å². The van der Waals surface area contributed by atoms with Gasteiger partial charge in [-0.15, -0.1) is 0 Å². The normalized spacial score (nSPS) is 44.0. The summed E-state index contributed by atoms with van der Waals surface area (Å²) in [5.41, 5.74) is -1.20. The molecule has 286 valence electrons. The zero-order valence-corrected chi connectivity index (χ0v) is 35.2. The molecule has 14 heteroatoms. The summed E-state index contributed by atoms with van der Waals surface area (Å²) in [5, 5.41) is 31.6. The Hall–Kier alpha value is -1.24. The van der Waals surface area contributed by atoms with Crippen LogP contribution in [0.3, 0.4) is 0 Å². The number of hydrogen-bond acceptors (Lipinski definition) is 11. The van der Waals surface area contributed by atoms with Gasteiger partial charge in [0.15, 0.2) is 5.78 Å². The van der Waals surface area contributed by atoms with E-state index in [0.29, 0.717) is 25.9 Å². The van der Waals surface area contributed by atoms with Crippen molar-refractivity contribution in [1.29, 1.82) is 0 Å². The summed E-state index contributed by atoms with van der Waals surface area (Å²) in [6, 6.07) is 0. The Morgan fingerprint density at radius 1 is 1.04 bits per heavy atom. The van der Waals surface area contributed by atoms with E-state index in [4.69, 9.17) is 18.5 Å². The van der Waals surface area contributed by atoms with Crippen molar-refractivity contribution in [2.75, 3.05) is 13.2 Å². The number of phosphoric ester groups is 1. The van der Waals surface area contributed by atoms with E-state index < -0.39 is 66.5 Å². The molecule has 0 aromatic carbocycles. The van der Waals surface area contributed by atoms with Crippen LogP contribution in [0.4, 0.5) is 0 Å². The fraction of sp³-hybridized carbons (Fsp3) is 0.816. The van der Waals surface area contributed by atoms with Crippen molar-refractivity contribution in [3.63, 3.8) is 0 Å². The molecule has 1 aliphatic heterocycles. The van der Waals surface area contributed by atoms with Gasteiger partial charge in [-0.3, -0.25) is 19.0 Å². The van der Waals surface area contributed by atoms with Crippen molar-refractivity contribution in [2.24, 2.45) is 50.2 Å². The number of esters is 2. The summed E-state index contributed by atoms with van der Waals surface area (Å²) >= 11 is 0. The van der Waals surface area contributed by atoms with Crippen molar-refractivity contribution >= 4 is 25.5 Å². The van der Waals surface area contributed by atoms with Gasteiger partial charge in [0.1, 0.15) is 12.2 Å². The second-order valence-electron chi connectivity index (χ2n) is 18.3. The Morgan fingerprint density at radius 3 is 2.33 bits per heavy atom. The van der Waals surface area contributed by atoms with Gasteiger partial charge in [-0.1, -0.05) is 47.1 Å². The van der Waals surface area contributed by atoms with Gasteiger partial charge in [0, 0.05) is 5.92 Å². The maximum atomic E-state index is 14.7. The summed E-state index contributed by atoms with van der Waals surface area (Å²) in [4.78, 5) is 51.1. The number of cyclic esters (lactones) is 1. The van der Waals surface area contributed by atoms with Gasteiger partial charge < -0.3 is 29.3 Å². The molecule has 12 nitrogen and oxygen atoms in total. The first-order chi connectivity index (χ1) is 23.5. The van der Waals surface area contributed by atoms with E-state index in [1.807, 2.05) is 33.8 Å². The minimum absolute atomic E-state index is 0. The van der Waals surface area contributed by atoms with Crippen LogP contribution in [0.15, 0.2) is 23.2 Å². The summed E-state index contributed by atoms with van der Waals surface area (Å²) in [5.74, 6) is -3.85. The molecule has 4 saturated carbocycles. The smallest absolute Gasteiger partial charge is 0.870 e. The van der Waals surface area contributed by atoms with Crippen LogP contribution in [0.1, 0.15) is 113 Å². The number of aliphatic hydroxyl groups is 2. The molecule has 0 saturated heterocycles. The molecule has 0 spiro atoms. The van der Waals surface area contributed by atoms with E-state index in [2.05, 4.69) is 27.7 Å². The average Bonchev–Trinajstić information content (AvgIpc) is 3.32. The van der Waals surface area contributed by atoms with Gasteiger partial charge in [0.25, 0.3) is 0 Å². The monoisotopic (exact) mass is 758 g/mol. The fourth-order valence-corrected chi connectivity index (χ4v) is 13.2. The van der Waals surface area contributed by atoms with Crippen LogP contribution in [0.25, 0.3) is 0 Å². The van der Waals surface area contributed by atoms with E-state index in [1.165, 1.54) is 5.57 Å². The second kappa shape index (κ2) is 13.7. The second-order valence-corrected chi connectivity index (χ2v) is 19.6. The minimum atomic E-state index is -5.04. The molecule has 0 bridgehead atoms. The van der Waals surface area contributed by atoms with Crippen LogP contribution in [0, 0.1) is 50.2 Å². The summed E-state index contributed by atoms with van der Waals surface area (Å²) < 4.78 is 34.4. The van der Waals surface area contributed by atoms with Crippen molar-refractivity contribution in [3.05, 3.63) is 23.2 Å². The minimum Gasteiger partial charge on any atom is -0.870 e. The first kappa shape index (κ1) is 41.9. The summed E-state index contributed by atoms with van der Waals surface area (Å²) in [6.07, 6.45) is 4.40. The number of phosphoric acid groups is 1. The summed E-state index contributed by atoms with van der Waals surface area (Å²) in [7, 11) is -5.04. The number of carbonyl (C=O) groups excluding carboxylic acids is 3. The molecule has 5 aliphatic carbocycles. The molecule has 6 aliphatic rings. The van der Waals surface area contributed by atoms with E-state index in [-0.39, 0.29) is 75.3 Å². The van der Waals surface area contributed by atoms with E-state index in [0.717, 1.165) is 38.5 Å². The van der Waals surface area contributed by atoms with Crippen LogP contribution < -0.4 is 34.7 Å². The number of hydrogen-bond donors (Lipinski definition) is 3. The predicted octanol–water partition coefficient (Wildman–Crippen LogP) is 1.89. The number of allylic oxidation sites excluding steroid dienone is 2. The van der Waals surface area contributed by atoms with Gasteiger partial charge in [0.2, 0.25) is 5.76 Å². The third-order valence-corrected chi connectivity index (χ3v) is 16.1. The number of carbonyl (C=O) groups is 3. The van der Waals surface area contributed by atoms with Crippen LogP contribution in [0.2, 0.25) is 0 Å². The molecule has 0 aromatic heterocycles. The third kappa shape index (κ3) is 6.22. The molecule has 12 atom stereocenters. The van der Waals surface area contributed by atoms with E-state index in [1.54, 1.807) is 0 Å². The Bertz CT molecular complexity index is 1610. The molecular weight excluding hydrogens is 702 g/mol. The van der Waals surface area contributed by atoms with Gasteiger partial charge in [-0.25, -0.2) is 9.36 Å². The quantitative estimate of drug-likeness (QED) is 0.186. The maximum Gasteiger partial charge on any atom is 1.00 e. The Kier molecular flexibility index (Phi) is 11.1. The zero-order valence-electron chi connectivity index (χ0n) is 32.3. The number of ether oxygens (including phenoxy) is 2. The summed E-state index contributed by atoms with van der Waals surface area (Å²) in [6.45, 7) is 16.4. The Morgan fingerprint density at radius 2 is 1.69 bits per heavy atom. The number of rotatable bonds is 8. The fourth-order valence-electron chi connectivity index (χ4n) is 12.0. The molecule has 1 heterocycles. The molecule has 52 heavy (non-hydrogen) atoms. The van der Waals surface area contributed by atoms with Crippen LogP contribution >= 0.6 is 7.82 Å². The molecule has 0 amide bonds. The Balaban J connectivity index is 0.00000523. The molecule has 4 fully saturated rings. The number of ketones is 1. The molecule has 3 unspecified atom stereocenters. The SMILES string of the molecule is CCOC(=O)[C@@]1(C)CC[C@]2(C)CC[C@]3(C)C(=CC(=O)[C@@H]4[C@@]5(C)CC[C@H](OP(=O)(O)OC6=C([O-])C(C(O)CO)OC6=O)C(C)(C)[C@@H]5CC[C@]43C)[C@@H]2C1.[Na+]. The molecule has 0 aromatic rings. The van der Waals surface area contributed by atoms with Crippen molar-refractivity contribution in [3.8, 4) is 0 Å². The van der Waals surface area contributed by atoms with Crippen LogP contribution in [0.5, 0.6) is 0 Å². The van der Waals surface area contributed by atoms with Gasteiger partial charge in [-0.2, -0.15) is 0 Å². The predicted molar refractivity (Wildman–Crippen MR) is 182 cm³/mol. The average molecular weight is 759 g/mol. The largest absolute Gasteiger partial charge is 1.00 e.